The smallest absolute Gasteiger partial charge is 0.159 e. The van der Waals surface area contributed by atoms with Crippen LogP contribution in [0.4, 0.5) is 0 Å². The summed E-state index contributed by atoms with van der Waals surface area (Å²) in [5, 5.41) is 0. The SMILES string of the molecule is CC(=O)c1ccccc1.CCN(C)C. The van der Waals surface area contributed by atoms with Crippen molar-refractivity contribution in [2.75, 3.05) is 20.6 Å². The highest BCUT2D eigenvalue weighted by molar-refractivity contribution is 5.93. The van der Waals surface area contributed by atoms with Gasteiger partial charge in [-0.1, -0.05) is 37.3 Å². The van der Waals surface area contributed by atoms with Crippen molar-refractivity contribution in [1.82, 2.24) is 4.90 Å². The van der Waals surface area contributed by atoms with Crippen LogP contribution >= 0.6 is 0 Å². The highest BCUT2D eigenvalue weighted by Gasteiger charge is 1.92. The number of hydrogen-bond donors (Lipinski definition) is 0. The molecule has 0 aliphatic heterocycles. The van der Waals surface area contributed by atoms with Crippen LogP contribution in [0.25, 0.3) is 0 Å². The molecule has 14 heavy (non-hydrogen) atoms. The lowest BCUT2D eigenvalue weighted by molar-refractivity contribution is 0.101. The molecule has 0 amide bonds. The summed E-state index contributed by atoms with van der Waals surface area (Å²) >= 11 is 0. The van der Waals surface area contributed by atoms with E-state index in [1.54, 1.807) is 6.92 Å². The van der Waals surface area contributed by atoms with E-state index in [4.69, 9.17) is 0 Å². The van der Waals surface area contributed by atoms with Crippen LogP contribution in [0.15, 0.2) is 30.3 Å². The van der Waals surface area contributed by atoms with Gasteiger partial charge in [-0.3, -0.25) is 4.79 Å². The molecule has 78 valence electrons. The van der Waals surface area contributed by atoms with Crippen molar-refractivity contribution >= 4 is 5.78 Å². The molecule has 0 spiro atoms. The van der Waals surface area contributed by atoms with Crippen LogP contribution in [0, 0.1) is 0 Å². The first-order valence-corrected chi connectivity index (χ1v) is 4.78. The summed E-state index contributed by atoms with van der Waals surface area (Å²) in [5.41, 5.74) is 0.775. The van der Waals surface area contributed by atoms with Crippen molar-refractivity contribution in [3.63, 3.8) is 0 Å². The Morgan fingerprint density at radius 3 is 1.86 bits per heavy atom. The van der Waals surface area contributed by atoms with Gasteiger partial charge < -0.3 is 4.90 Å². The molecule has 0 fully saturated rings. The standard InChI is InChI=1S/C8H8O.C4H11N/c1-7(9)8-5-3-2-4-6-8;1-4-5(2)3/h2-6H,1H3;4H2,1-3H3. The number of nitrogens with zero attached hydrogens (tertiary/aromatic N) is 1. The van der Waals surface area contributed by atoms with Crippen molar-refractivity contribution < 1.29 is 4.79 Å². The van der Waals surface area contributed by atoms with Crippen molar-refractivity contribution in [3.8, 4) is 0 Å². The number of hydrogen-bond acceptors (Lipinski definition) is 2. The fourth-order valence-electron chi connectivity index (χ4n) is 0.673. The van der Waals surface area contributed by atoms with Crippen molar-refractivity contribution in [1.29, 1.82) is 0 Å². The molecule has 0 atom stereocenters. The summed E-state index contributed by atoms with van der Waals surface area (Å²) in [6.07, 6.45) is 0. The van der Waals surface area contributed by atoms with Crippen molar-refractivity contribution in [2.24, 2.45) is 0 Å². The Bertz CT molecular complexity index is 254. The highest BCUT2D eigenvalue weighted by atomic mass is 16.1. The molecule has 0 saturated carbocycles. The van der Waals surface area contributed by atoms with Gasteiger partial charge in [-0.25, -0.2) is 0 Å². The van der Waals surface area contributed by atoms with Gasteiger partial charge in [0, 0.05) is 5.56 Å². The summed E-state index contributed by atoms with van der Waals surface area (Å²) in [7, 11) is 4.11. The number of carbonyl (C=O) groups excluding carboxylic acids is 1. The maximum atomic E-state index is 10.6. The Kier molecular flexibility index (Phi) is 6.68. The van der Waals surface area contributed by atoms with E-state index in [0.29, 0.717) is 0 Å². The normalized spacial score (nSPS) is 9.21. The number of carbonyl (C=O) groups is 1. The topological polar surface area (TPSA) is 20.3 Å². The van der Waals surface area contributed by atoms with Crippen molar-refractivity contribution in [3.05, 3.63) is 35.9 Å². The fourth-order valence-corrected chi connectivity index (χ4v) is 0.673. The molecule has 1 aromatic rings. The minimum absolute atomic E-state index is 0.121. The first-order valence-electron chi connectivity index (χ1n) is 4.78. The van der Waals surface area contributed by atoms with Crippen LogP contribution < -0.4 is 0 Å². The van der Waals surface area contributed by atoms with Gasteiger partial charge in [0.2, 0.25) is 0 Å². The summed E-state index contributed by atoms with van der Waals surface area (Å²) in [4.78, 5) is 12.8. The third-order valence-electron chi connectivity index (χ3n) is 1.81. The van der Waals surface area contributed by atoms with Crippen LogP contribution in [0.3, 0.4) is 0 Å². The van der Waals surface area contributed by atoms with Crippen LogP contribution in [-0.2, 0) is 0 Å². The number of ketones is 1. The van der Waals surface area contributed by atoms with E-state index in [0.717, 1.165) is 12.1 Å². The van der Waals surface area contributed by atoms with E-state index >= 15 is 0 Å². The van der Waals surface area contributed by atoms with E-state index in [9.17, 15) is 4.79 Å². The minimum atomic E-state index is 0.121. The summed E-state index contributed by atoms with van der Waals surface area (Å²) in [5.74, 6) is 0.121. The number of Topliss-reactive ketones (excluding diaryl/α,β-unsaturated/α-hetero) is 1. The molecule has 0 heterocycles. The number of rotatable bonds is 2. The lowest BCUT2D eigenvalue weighted by atomic mass is 10.2. The molecule has 0 aliphatic rings. The molecule has 0 unspecified atom stereocenters. The zero-order chi connectivity index (χ0) is 11.0. The zero-order valence-electron chi connectivity index (χ0n) is 9.45. The fraction of sp³-hybridized carbons (Fsp3) is 0.417. The molecule has 0 N–H and O–H groups in total. The lowest BCUT2D eigenvalue weighted by Crippen LogP contribution is -2.08. The number of benzene rings is 1. The second-order valence-corrected chi connectivity index (χ2v) is 3.32. The van der Waals surface area contributed by atoms with Gasteiger partial charge in [0.1, 0.15) is 0 Å². The Labute approximate surface area is 86.5 Å². The summed E-state index contributed by atoms with van der Waals surface area (Å²) < 4.78 is 0. The summed E-state index contributed by atoms with van der Waals surface area (Å²) in [6, 6.07) is 9.23. The molecular weight excluding hydrogens is 174 g/mol. The molecule has 1 aromatic carbocycles. The molecule has 0 bridgehead atoms. The van der Waals surface area contributed by atoms with Gasteiger partial charge >= 0.3 is 0 Å². The second kappa shape index (κ2) is 7.27. The van der Waals surface area contributed by atoms with E-state index < -0.39 is 0 Å². The van der Waals surface area contributed by atoms with Crippen LogP contribution in [0.1, 0.15) is 24.2 Å². The molecule has 0 radical (unpaired) electrons. The van der Waals surface area contributed by atoms with Crippen LogP contribution in [0.5, 0.6) is 0 Å². The maximum absolute atomic E-state index is 10.6. The Morgan fingerprint density at radius 1 is 1.21 bits per heavy atom. The van der Waals surface area contributed by atoms with Crippen LogP contribution in [-0.4, -0.2) is 31.3 Å². The third kappa shape index (κ3) is 6.38. The molecule has 2 heteroatoms. The monoisotopic (exact) mass is 193 g/mol. The molecule has 0 aliphatic carbocycles. The van der Waals surface area contributed by atoms with Gasteiger partial charge in [0.15, 0.2) is 5.78 Å². The van der Waals surface area contributed by atoms with E-state index in [1.165, 1.54) is 0 Å². The van der Waals surface area contributed by atoms with Crippen LogP contribution in [0.2, 0.25) is 0 Å². The van der Waals surface area contributed by atoms with Gasteiger partial charge in [0.05, 0.1) is 0 Å². The highest BCUT2D eigenvalue weighted by Crippen LogP contribution is 1.97. The first-order chi connectivity index (χ1) is 6.57. The Morgan fingerprint density at radius 2 is 1.64 bits per heavy atom. The molecule has 2 nitrogen and oxygen atoms in total. The Hall–Kier alpha value is -1.15. The summed E-state index contributed by atoms with van der Waals surface area (Å²) in [6.45, 7) is 4.83. The second-order valence-electron chi connectivity index (χ2n) is 3.32. The largest absolute Gasteiger partial charge is 0.310 e. The molecule has 0 saturated heterocycles. The average Bonchev–Trinajstić information content (AvgIpc) is 2.20. The third-order valence-corrected chi connectivity index (χ3v) is 1.81. The van der Waals surface area contributed by atoms with Crippen molar-refractivity contribution in [2.45, 2.75) is 13.8 Å². The molecular formula is C12H19NO. The quantitative estimate of drug-likeness (QED) is 0.672. The van der Waals surface area contributed by atoms with E-state index in [-0.39, 0.29) is 5.78 Å². The van der Waals surface area contributed by atoms with Gasteiger partial charge in [-0.05, 0) is 27.6 Å². The lowest BCUT2D eigenvalue weighted by Gasteiger charge is -2.00. The van der Waals surface area contributed by atoms with E-state index in [2.05, 4.69) is 25.9 Å². The van der Waals surface area contributed by atoms with Gasteiger partial charge in [-0.15, -0.1) is 0 Å². The average molecular weight is 193 g/mol. The first kappa shape index (κ1) is 12.8. The zero-order valence-corrected chi connectivity index (χ0v) is 9.45. The minimum Gasteiger partial charge on any atom is -0.310 e. The maximum Gasteiger partial charge on any atom is 0.159 e. The predicted octanol–water partition coefficient (Wildman–Crippen LogP) is 2.46. The molecule has 1 rings (SSSR count). The Balaban J connectivity index is 0.000000292. The predicted molar refractivity (Wildman–Crippen MR) is 60.7 cm³/mol. The van der Waals surface area contributed by atoms with Gasteiger partial charge in [0.25, 0.3) is 0 Å². The van der Waals surface area contributed by atoms with E-state index in [1.807, 2.05) is 30.3 Å². The molecule has 0 aromatic heterocycles. The van der Waals surface area contributed by atoms with Gasteiger partial charge in [-0.2, -0.15) is 0 Å².